The van der Waals surface area contributed by atoms with Crippen LogP contribution in [-0.2, 0) is 4.79 Å². The van der Waals surface area contributed by atoms with Crippen molar-refractivity contribution in [3.63, 3.8) is 0 Å². The fourth-order valence-corrected chi connectivity index (χ4v) is 2.38. The van der Waals surface area contributed by atoms with Crippen LogP contribution in [0.3, 0.4) is 0 Å². The van der Waals surface area contributed by atoms with Crippen molar-refractivity contribution >= 4 is 11.8 Å². The number of carbonyl (C=O) groups excluding carboxylic acids is 2. The van der Waals surface area contributed by atoms with E-state index in [4.69, 9.17) is 0 Å². The highest BCUT2D eigenvalue weighted by atomic mass is 19.4. The quantitative estimate of drug-likeness (QED) is 0.757. The van der Waals surface area contributed by atoms with Gasteiger partial charge < -0.3 is 15.7 Å². The Labute approximate surface area is 117 Å². The smallest absolute Gasteiger partial charge is 0.363 e. The average Bonchev–Trinajstić information content (AvgIpc) is 2.37. The zero-order valence-electron chi connectivity index (χ0n) is 10.8. The molecule has 0 radical (unpaired) electrons. The molecular formula is C12H12F3N3O3. The Morgan fingerprint density at radius 1 is 1.38 bits per heavy atom. The Kier molecular flexibility index (Phi) is 3.62. The molecule has 2 heterocycles. The summed E-state index contributed by atoms with van der Waals surface area (Å²) in [6.45, 7) is 0.925. The summed E-state index contributed by atoms with van der Waals surface area (Å²) in [6, 6.07) is 0.200. The lowest BCUT2D eigenvalue weighted by atomic mass is 9.80. The van der Waals surface area contributed by atoms with E-state index in [1.807, 2.05) is 0 Å². The molecule has 0 spiro atoms. The number of rotatable bonds is 2. The van der Waals surface area contributed by atoms with Gasteiger partial charge in [-0.2, -0.15) is 13.2 Å². The molecule has 1 aromatic rings. The maximum absolute atomic E-state index is 13.1. The summed E-state index contributed by atoms with van der Waals surface area (Å²) in [5.74, 6) is -2.83. The summed E-state index contributed by atoms with van der Waals surface area (Å²) in [5, 5.41) is 13.5. The summed E-state index contributed by atoms with van der Waals surface area (Å²) < 4.78 is 39.4. The number of hydrogen-bond acceptors (Lipinski definition) is 4. The van der Waals surface area contributed by atoms with Crippen molar-refractivity contribution in [1.82, 2.24) is 15.6 Å². The normalized spacial score (nSPS) is 29.5. The van der Waals surface area contributed by atoms with Crippen molar-refractivity contribution in [2.75, 3.05) is 0 Å². The standard InChI is InChI=1S/C12H12F3N3O3/c1-6(19)8-9(7-2-4-16-5-3-7)17-10(20)18-11(8,21)12(13,14)15/h2-5,8-9,21H,1H3,(H2,17,18,20)/t8-,9+,11-/m1/s1. The van der Waals surface area contributed by atoms with Crippen LogP contribution in [0.25, 0.3) is 0 Å². The van der Waals surface area contributed by atoms with Crippen LogP contribution >= 0.6 is 0 Å². The summed E-state index contributed by atoms with van der Waals surface area (Å²) in [4.78, 5) is 26.9. The molecule has 3 N–H and O–H groups in total. The highest BCUT2D eigenvalue weighted by Crippen LogP contribution is 2.42. The number of ketones is 1. The number of urea groups is 1. The lowest BCUT2D eigenvalue weighted by molar-refractivity contribution is -0.290. The minimum absolute atomic E-state index is 0.239. The third kappa shape index (κ3) is 2.56. The van der Waals surface area contributed by atoms with Crippen molar-refractivity contribution in [2.45, 2.75) is 24.9 Å². The third-order valence-corrected chi connectivity index (χ3v) is 3.31. The molecule has 0 saturated carbocycles. The summed E-state index contributed by atoms with van der Waals surface area (Å²) in [7, 11) is 0. The summed E-state index contributed by atoms with van der Waals surface area (Å²) in [5.41, 5.74) is -3.39. The predicted molar refractivity (Wildman–Crippen MR) is 63.8 cm³/mol. The van der Waals surface area contributed by atoms with Crippen molar-refractivity contribution in [3.8, 4) is 0 Å². The predicted octanol–water partition coefficient (Wildman–Crippen LogP) is 0.892. The number of alkyl halides is 3. The zero-order valence-corrected chi connectivity index (χ0v) is 10.8. The number of hydrogen-bond donors (Lipinski definition) is 3. The lowest BCUT2D eigenvalue weighted by Gasteiger charge is -2.44. The van der Waals surface area contributed by atoms with Gasteiger partial charge in [0.2, 0.25) is 5.72 Å². The maximum Gasteiger partial charge on any atom is 0.437 e. The molecule has 9 heteroatoms. The second-order valence-electron chi connectivity index (χ2n) is 4.71. The first kappa shape index (κ1) is 15.2. The number of halogens is 3. The molecule has 0 aromatic carbocycles. The van der Waals surface area contributed by atoms with Crippen LogP contribution in [0.2, 0.25) is 0 Å². The average molecular weight is 303 g/mol. The summed E-state index contributed by atoms with van der Waals surface area (Å²) >= 11 is 0. The Morgan fingerprint density at radius 2 is 1.95 bits per heavy atom. The third-order valence-electron chi connectivity index (χ3n) is 3.31. The molecule has 1 aromatic heterocycles. The number of carbonyl (C=O) groups is 2. The molecule has 1 fully saturated rings. The molecule has 3 atom stereocenters. The van der Waals surface area contributed by atoms with Crippen LogP contribution in [0.1, 0.15) is 18.5 Å². The monoisotopic (exact) mass is 303 g/mol. The van der Waals surface area contributed by atoms with Gasteiger partial charge in [0.15, 0.2) is 0 Å². The fraction of sp³-hybridized carbons (Fsp3) is 0.417. The second kappa shape index (κ2) is 4.99. The van der Waals surface area contributed by atoms with Gasteiger partial charge in [-0.05, 0) is 24.6 Å². The van der Waals surface area contributed by atoms with Gasteiger partial charge in [0.05, 0.1) is 12.0 Å². The number of amides is 2. The molecule has 1 aliphatic rings. The van der Waals surface area contributed by atoms with E-state index in [1.54, 1.807) is 0 Å². The molecule has 1 aliphatic heterocycles. The summed E-state index contributed by atoms with van der Waals surface area (Å²) in [6.07, 6.45) is -2.58. The number of nitrogens with one attached hydrogen (secondary N) is 2. The molecule has 0 unspecified atom stereocenters. The van der Waals surface area contributed by atoms with Gasteiger partial charge in [0, 0.05) is 12.4 Å². The molecular weight excluding hydrogens is 291 g/mol. The van der Waals surface area contributed by atoms with E-state index in [0.717, 1.165) is 6.92 Å². The molecule has 114 valence electrons. The van der Waals surface area contributed by atoms with Crippen molar-refractivity contribution in [1.29, 1.82) is 0 Å². The van der Waals surface area contributed by atoms with E-state index >= 15 is 0 Å². The van der Waals surface area contributed by atoms with Crippen LogP contribution in [0.4, 0.5) is 18.0 Å². The Bertz CT molecular complexity index is 564. The molecule has 21 heavy (non-hydrogen) atoms. The fourth-order valence-electron chi connectivity index (χ4n) is 2.38. The molecule has 0 bridgehead atoms. The maximum atomic E-state index is 13.1. The van der Waals surface area contributed by atoms with E-state index in [0.29, 0.717) is 0 Å². The Morgan fingerprint density at radius 3 is 2.43 bits per heavy atom. The minimum Gasteiger partial charge on any atom is -0.363 e. The van der Waals surface area contributed by atoms with E-state index in [9.17, 15) is 27.9 Å². The van der Waals surface area contributed by atoms with Gasteiger partial charge in [-0.3, -0.25) is 9.78 Å². The highest BCUT2D eigenvalue weighted by molar-refractivity contribution is 5.86. The first-order valence-corrected chi connectivity index (χ1v) is 5.95. The number of nitrogens with zero attached hydrogens (tertiary/aromatic N) is 1. The van der Waals surface area contributed by atoms with Crippen LogP contribution in [0, 0.1) is 5.92 Å². The van der Waals surface area contributed by atoms with Gasteiger partial charge in [-0.25, -0.2) is 4.79 Å². The van der Waals surface area contributed by atoms with Crippen LogP contribution < -0.4 is 10.6 Å². The minimum atomic E-state index is -5.20. The van der Waals surface area contributed by atoms with Gasteiger partial charge in [-0.15, -0.1) is 0 Å². The van der Waals surface area contributed by atoms with Crippen molar-refractivity contribution < 1.29 is 27.9 Å². The molecule has 2 rings (SSSR count). The van der Waals surface area contributed by atoms with Gasteiger partial charge in [0.1, 0.15) is 5.78 Å². The van der Waals surface area contributed by atoms with Crippen LogP contribution in [0.15, 0.2) is 24.5 Å². The number of pyridine rings is 1. The Hall–Kier alpha value is -2.16. The van der Waals surface area contributed by atoms with Crippen LogP contribution in [0.5, 0.6) is 0 Å². The first-order valence-electron chi connectivity index (χ1n) is 5.95. The first-order chi connectivity index (χ1) is 9.67. The number of aliphatic hydroxyl groups is 1. The zero-order chi connectivity index (χ0) is 15.8. The van der Waals surface area contributed by atoms with Crippen molar-refractivity contribution in [2.24, 2.45) is 5.92 Å². The lowest BCUT2D eigenvalue weighted by Crippen LogP contribution is -2.72. The largest absolute Gasteiger partial charge is 0.437 e. The van der Waals surface area contributed by atoms with E-state index in [2.05, 4.69) is 10.3 Å². The van der Waals surface area contributed by atoms with E-state index in [-0.39, 0.29) is 5.56 Å². The van der Waals surface area contributed by atoms with Gasteiger partial charge >= 0.3 is 12.2 Å². The molecule has 0 aliphatic carbocycles. The molecule has 6 nitrogen and oxygen atoms in total. The Balaban J connectivity index is 2.54. The molecule has 2 amide bonds. The number of Topliss-reactive ketones (excluding diaryl/α,β-unsaturated/α-hetero) is 1. The van der Waals surface area contributed by atoms with Crippen molar-refractivity contribution in [3.05, 3.63) is 30.1 Å². The molecule has 1 saturated heterocycles. The van der Waals surface area contributed by atoms with E-state index < -0.39 is 35.7 Å². The van der Waals surface area contributed by atoms with E-state index in [1.165, 1.54) is 29.8 Å². The topological polar surface area (TPSA) is 91.3 Å². The van der Waals surface area contributed by atoms with Gasteiger partial charge in [0.25, 0.3) is 0 Å². The second-order valence-corrected chi connectivity index (χ2v) is 4.71. The highest BCUT2D eigenvalue weighted by Gasteiger charge is 2.65. The van der Waals surface area contributed by atoms with Crippen LogP contribution in [-0.4, -0.2) is 33.8 Å². The SMILES string of the molecule is CC(=O)[C@@H]1[C@H](c2ccncc2)NC(=O)N[C@]1(O)C(F)(F)F. The number of aromatic nitrogens is 1. The van der Waals surface area contributed by atoms with Gasteiger partial charge in [-0.1, -0.05) is 0 Å².